The summed E-state index contributed by atoms with van der Waals surface area (Å²) in [5, 5.41) is 4.12. The van der Waals surface area contributed by atoms with Crippen molar-refractivity contribution in [1.29, 1.82) is 0 Å². The molecule has 1 aliphatic rings. The van der Waals surface area contributed by atoms with Crippen LogP contribution in [0, 0.1) is 6.92 Å². The molecule has 1 aromatic carbocycles. The molecule has 1 saturated heterocycles. The minimum Gasteiger partial charge on any atom is -0.496 e. The van der Waals surface area contributed by atoms with Crippen molar-refractivity contribution < 1.29 is 9.47 Å². The van der Waals surface area contributed by atoms with Gasteiger partial charge in [0.1, 0.15) is 5.75 Å². The number of aryl methyl sites for hydroxylation is 1. The van der Waals surface area contributed by atoms with Crippen LogP contribution in [0.15, 0.2) is 12.1 Å². The predicted octanol–water partition coefficient (Wildman–Crippen LogP) is 2.32. The van der Waals surface area contributed by atoms with Gasteiger partial charge in [-0.15, -0.1) is 0 Å². The van der Waals surface area contributed by atoms with Gasteiger partial charge < -0.3 is 14.8 Å². The van der Waals surface area contributed by atoms with Crippen molar-refractivity contribution in [2.24, 2.45) is 0 Å². The third-order valence-electron chi connectivity index (χ3n) is 2.73. The van der Waals surface area contributed by atoms with Crippen LogP contribution in [0.4, 0.5) is 0 Å². The highest BCUT2D eigenvalue weighted by Crippen LogP contribution is 2.34. The fraction of sp³-hybridized carbons (Fsp3) is 0.500. The number of morpholine rings is 1. The van der Waals surface area contributed by atoms with Crippen LogP contribution in [0.3, 0.4) is 0 Å². The second kappa shape index (κ2) is 5.04. The molecule has 2 rings (SSSR count). The minimum absolute atomic E-state index is 0.122. The second-order valence-corrected chi connectivity index (χ2v) is 4.35. The summed E-state index contributed by atoms with van der Waals surface area (Å²) in [6.45, 7) is 4.24. The molecule has 1 unspecified atom stereocenters. The molecule has 4 heteroatoms. The Morgan fingerprint density at radius 2 is 2.31 bits per heavy atom. The third kappa shape index (κ3) is 2.32. The van der Waals surface area contributed by atoms with E-state index in [0.29, 0.717) is 6.61 Å². The summed E-state index contributed by atoms with van der Waals surface area (Å²) >= 11 is 6.27. The van der Waals surface area contributed by atoms with E-state index < -0.39 is 0 Å². The first-order chi connectivity index (χ1) is 7.72. The number of benzene rings is 1. The fourth-order valence-corrected chi connectivity index (χ4v) is 2.38. The lowest BCUT2D eigenvalue weighted by Gasteiger charge is -2.26. The molecule has 0 bridgehead atoms. The molecule has 1 fully saturated rings. The molecule has 0 amide bonds. The van der Waals surface area contributed by atoms with Crippen LogP contribution in [0.25, 0.3) is 0 Å². The molecular formula is C12H16ClNO2. The van der Waals surface area contributed by atoms with E-state index in [2.05, 4.69) is 5.32 Å². The summed E-state index contributed by atoms with van der Waals surface area (Å²) in [7, 11) is 1.66. The standard InChI is InChI=1S/C12H16ClNO2/c1-8-5-9(13)12(11(6-8)15-2)10-7-16-4-3-14-10/h5-6,10,14H,3-4,7H2,1-2H3. The fourth-order valence-electron chi connectivity index (χ4n) is 1.98. The number of ether oxygens (including phenoxy) is 2. The van der Waals surface area contributed by atoms with Gasteiger partial charge in [-0.05, 0) is 24.6 Å². The Kier molecular flexibility index (Phi) is 3.69. The first-order valence-electron chi connectivity index (χ1n) is 5.37. The van der Waals surface area contributed by atoms with Crippen LogP contribution in [0.5, 0.6) is 5.75 Å². The maximum absolute atomic E-state index is 6.27. The molecule has 1 N–H and O–H groups in total. The quantitative estimate of drug-likeness (QED) is 0.862. The molecule has 1 atom stereocenters. The largest absolute Gasteiger partial charge is 0.496 e. The summed E-state index contributed by atoms with van der Waals surface area (Å²) < 4.78 is 10.8. The summed E-state index contributed by atoms with van der Waals surface area (Å²) in [5.41, 5.74) is 2.09. The molecule has 88 valence electrons. The van der Waals surface area contributed by atoms with Gasteiger partial charge in [-0.25, -0.2) is 0 Å². The van der Waals surface area contributed by atoms with Gasteiger partial charge in [-0.1, -0.05) is 11.6 Å². The number of methoxy groups -OCH3 is 1. The lowest BCUT2D eigenvalue weighted by atomic mass is 10.0. The maximum atomic E-state index is 6.27. The van der Waals surface area contributed by atoms with E-state index in [9.17, 15) is 0 Å². The summed E-state index contributed by atoms with van der Waals surface area (Å²) in [4.78, 5) is 0. The number of hydrogen-bond donors (Lipinski definition) is 1. The SMILES string of the molecule is COc1cc(C)cc(Cl)c1C1COCCN1. The smallest absolute Gasteiger partial charge is 0.125 e. The van der Waals surface area contributed by atoms with E-state index in [0.717, 1.165) is 35.1 Å². The Morgan fingerprint density at radius 1 is 1.50 bits per heavy atom. The van der Waals surface area contributed by atoms with E-state index in [4.69, 9.17) is 21.1 Å². The monoisotopic (exact) mass is 241 g/mol. The lowest BCUT2D eigenvalue weighted by molar-refractivity contribution is 0.0761. The Bertz CT molecular complexity index is 376. The van der Waals surface area contributed by atoms with Gasteiger partial charge in [0.25, 0.3) is 0 Å². The topological polar surface area (TPSA) is 30.5 Å². The van der Waals surface area contributed by atoms with Gasteiger partial charge in [0.2, 0.25) is 0 Å². The third-order valence-corrected chi connectivity index (χ3v) is 3.04. The van der Waals surface area contributed by atoms with Gasteiger partial charge in [-0.3, -0.25) is 0 Å². The van der Waals surface area contributed by atoms with E-state index >= 15 is 0 Å². The van der Waals surface area contributed by atoms with E-state index in [1.165, 1.54) is 0 Å². The van der Waals surface area contributed by atoms with Crippen LogP contribution in [0.1, 0.15) is 17.2 Å². The Balaban J connectivity index is 2.37. The van der Waals surface area contributed by atoms with Crippen LogP contribution >= 0.6 is 11.6 Å². The molecule has 0 spiro atoms. The Hall–Kier alpha value is -0.770. The van der Waals surface area contributed by atoms with Crippen molar-refractivity contribution in [3.05, 3.63) is 28.3 Å². The van der Waals surface area contributed by atoms with Gasteiger partial charge in [-0.2, -0.15) is 0 Å². The Labute approximate surface area is 101 Å². The van der Waals surface area contributed by atoms with Crippen LogP contribution < -0.4 is 10.1 Å². The lowest BCUT2D eigenvalue weighted by Crippen LogP contribution is -2.35. The molecule has 1 aromatic rings. The van der Waals surface area contributed by atoms with Gasteiger partial charge in [0.15, 0.2) is 0 Å². The first-order valence-corrected chi connectivity index (χ1v) is 5.75. The zero-order valence-electron chi connectivity index (χ0n) is 9.55. The molecular weight excluding hydrogens is 226 g/mol. The number of rotatable bonds is 2. The van der Waals surface area contributed by atoms with Crippen molar-refractivity contribution >= 4 is 11.6 Å². The summed E-state index contributed by atoms with van der Waals surface area (Å²) in [6, 6.07) is 4.07. The highest BCUT2D eigenvalue weighted by molar-refractivity contribution is 6.31. The molecule has 1 aliphatic heterocycles. The van der Waals surface area contributed by atoms with Crippen molar-refractivity contribution in [3.8, 4) is 5.75 Å². The molecule has 16 heavy (non-hydrogen) atoms. The highest BCUT2D eigenvalue weighted by atomic mass is 35.5. The van der Waals surface area contributed by atoms with Crippen LogP contribution in [-0.4, -0.2) is 26.9 Å². The molecule has 0 radical (unpaired) electrons. The molecule has 0 aromatic heterocycles. The van der Waals surface area contributed by atoms with Crippen LogP contribution in [0.2, 0.25) is 5.02 Å². The van der Waals surface area contributed by atoms with E-state index in [1.807, 2.05) is 19.1 Å². The average Bonchev–Trinajstić information content (AvgIpc) is 2.29. The molecule has 3 nitrogen and oxygen atoms in total. The van der Waals surface area contributed by atoms with Crippen molar-refractivity contribution in [2.75, 3.05) is 26.9 Å². The molecule has 0 saturated carbocycles. The van der Waals surface area contributed by atoms with Gasteiger partial charge in [0, 0.05) is 17.1 Å². The highest BCUT2D eigenvalue weighted by Gasteiger charge is 2.22. The average molecular weight is 242 g/mol. The van der Waals surface area contributed by atoms with Crippen LogP contribution in [-0.2, 0) is 4.74 Å². The zero-order chi connectivity index (χ0) is 11.5. The number of halogens is 1. The second-order valence-electron chi connectivity index (χ2n) is 3.94. The zero-order valence-corrected chi connectivity index (χ0v) is 10.3. The van der Waals surface area contributed by atoms with Crippen molar-refractivity contribution in [2.45, 2.75) is 13.0 Å². The Morgan fingerprint density at radius 3 is 2.94 bits per heavy atom. The maximum Gasteiger partial charge on any atom is 0.125 e. The van der Waals surface area contributed by atoms with Crippen molar-refractivity contribution in [1.82, 2.24) is 5.32 Å². The van der Waals surface area contributed by atoms with Gasteiger partial charge in [0.05, 0.1) is 26.4 Å². The number of nitrogens with one attached hydrogen (secondary N) is 1. The van der Waals surface area contributed by atoms with E-state index in [1.54, 1.807) is 7.11 Å². The minimum atomic E-state index is 0.122. The normalized spacial score (nSPS) is 20.8. The summed E-state index contributed by atoms with van der Waals surface area (Å²) in [6.07, 6.45) is 0. The predicted molar refractivity (Wildman–Crippen MR) is 64.3 cm³/mol. The number of hydrogen-bond acceptors (Lipinski definition) is 3. The van der Waals surface area contributed by atoms with E-state index in [-0.39, 0.29) is 6.04 Å². The summed E-state index contributed by atoms with van der Waals surface area (Å²) in [5.74, 6) is 0.827. The van der Waals surface area contributed by atoms with Gasteiger partial charge >= 0.3 is 0 Å². The molecule has 0 aliphatic carbocycles. The molecule has 1 heterocycles. The first kappa shape index (κ1) is 11.7. The van der Waals surface area contributed by atoms with Crippen molar-refractivity contribution in [3.63, 3.8) is 0 Å².